The van der Waals surface area contributed by atoms with Crippen molar-refractivity contribution in [2.75, 3.05) is 11.4 Å². The van der Waals surface area contributed by atoms with Gasteiger partial charge in [-0.3, -0.25) is 0 Å². The van der Waals surface area contributed by atoms with Gasteiger partial charge in [-0.1, -0.05) is 24.3 Å². The van der Waals surface area contributed by atoms with E-state index in [1.807, 2.05) is 36.1 Å². The van der Waals surface area contributed by atoms with Gasteiger partial charge in [0.1, 0.15) is 0 Å². The van der Waals surface area contributed by atoms with Crippen molar-refractivity contribution in [3.8, 4) is 0 Å². The number of anilines is 2. The second-order valence-electron chi connectivity index (χ2n) is 4.67. The Kier molecular flexibility index (Phi) is 5.03. The van der Waals surface area contributed by atoms with E-state index in [0.29, 0.717) is 10.9 Å². The number of benzene rings is 2. The molecule has 0 radical (unpaired) electrons. The maximum atomic E-state index is 9.10. The third-order valence-corrected chi connectivity index (χ3v) is 3.32. The molecule has 5 nitrogen and oxygen atoms in total. The Labute approximate surface area is 124 Å². The summed E-state index contributed by atoms with van der Waals surface area (Å²) in [5.41, 5.74) is 2.71. The van der Waals surface area contributed by atoms with E-state index in [-0.39, 0.29) is 0 Å². The van der Waals surface area contributed by atoms with Gasteiger partial charge < -0.3 is 25.0 Å². The minimum Gasteiger partial charge on any atom is -0.423 e. The largest absolute Gasteiger partial charge is 0.488 e. The van der Waals surface area contributed by atoms with Crippen molar-refractivity contribution in [2.24, 2.45) is 0 Å². The molecule has 0 aromatic heterocycles. The van der Waals surface area contributed by atoms with Crippen LogP contribution in [0.15, 0.2) is 48.5 Å². The molecule has 0 atom stereocenters. The fraction of sp³-hybridized carbons (Fsp3) is 0.143. The summed E-state index contributed by atoms with van der Waals surface area (Å²) in [5, 5.41) is 36.4. The van der Waals surface area contributed by atoms with E-state index >= 15 is 0 Å². The highest BCUT2D eigenvalue weighted by Crippen LogP contribution is 2.23. The van der Waals surface area contributed by atoms with Crippen LogP contribution in [0.4, 0.5) is 11.4 Å². The predicted octanol–water partition coefficient (Wildman–Crippen LogP) is -0.796. The van der Waals surface area contributed by atoms with Crippen LogP contribution in [0.5, 0.6) is 0 Å². The average molecular weight is 285 g/mol. The van der Waals surface area contributed by atoms with Gasteiger partial charge in [-0.15, -0.1) is 0 Å². The van der Waals surface area contributed by atoms with Gasteiger partial charge in [0.25, 0.3) is 0 Å². The van der Waals surface area contributed by atoms with Crippen LogP contribution in [0.1, 0.15) is 6.92 Å². The highest BCUT2D eigenvalue weighted by atomic mass is 16.4. The molecular formula is C14H17B2NO4. The Balaban J connectivity index is 2.26. The van der Waals surface area contributed by atoms with Gasteiger partial charge in [-0.25, -0.2) is 0 Å². The van der Waals surface area contributed by atoms with Crippen molar-refractivity contribution in [2.45, 2.75) is 6.92 Å². The number of hydrogen-bond donors (Lipinski definition) is 4. The van der Waals surface area contributed by atoms with Crippen molar-refractivity contribution in [1.29, 1.82) is 0 Å². The molecule has 4 N–H and O–H groups in total. The quantitative estimate of drug-likeness (QED) is 0.541. The summed E-state index contributed by atoms with van der Waals surface area (Å²) >= 11 is 0. The lowest BCUT2D eigenvalue weighted by atomic mass is 9.80. The zero-order valence-electron chi connectivity index (χ0n) is 11.7. The lowest BCUT2D eigenvalue weighted by molar-refractivity contribution is 0.424. The van der Waals surface area contributed by atoms with Crippen LogP contribution in [-0.4, -0.2) is 40.9 Å². The third kappa shape index (κ3) is 3.65. The molecule has 0 aliphatic heterocycles. The molecule has 0 heterocycles. The number of rotatable bonds is 5. The number of hydrogen-bond acceptors (Lipinski definition) is 5. The van der Waals surface area contributed by atoms with Crippen molar-refractivity contribution in [3.63, 3.8) is 0 Å². The summed E-state index contributed by atoms with van der Waals surface area (Å²) in [4.78, 5) is 2.03. The molecule has 108 valence electrons. The first kappa shape index (κ1) is 15.6. The molecule has 7 heteroatoms. The first-order valence-corrected chi connectivity index (χ1v) is 6.72. The molecule has 0 amide bonds. The van der Waals surface area contributed by atoms with Gasteiger partial charge in [0.15, 0.2) is 0 Å². The minimum absolute atomic E-state index is 0.438. The van der Waals surface area contributed by atoms with Gasteiger partial charge >= 0.3 is 14.2 Å². The Morgan fingerprint density at radius 1 is 0.714 bits per heavy atom. The van der Waals surface area contributed by atoms with E-state index < -0.39 is 14.2 Å². The Morgan fingerprint density at radius 3 is 1.29 bits per heavy atom. The maximum Gasteiger partial charge on any atom is 0.488 e. The smallest absolute Gasteiger partial charge is 0.423 e. The highest BCUT2D eigenvalue weighted by Gasteiger charge is 2.14. The van der Waals surface area contributed by atoms with Gasteiger partial charge in [0, 0.05) is 17.9 Å². The molecule has 0 saturated carbocycles. The fourth-order valence-electron chi connectivity index (χ4n) is 2.17. The van der Waals surface area contributed by atoms with Gasteiger partial charge in [-0.2, -0.15) is 0 Å². The second-order valence-corrected chi connectivity index (χ2v) is 4.67. The standard InChI is InChI=1S/C14H17B2NO4/c1-2-17(13-7-3-11(4-8-13)15(18)19)14-9-5-12(6-10-14)16(20)21/h3-10,18-21H,2H2,1H3. The predicted molar refractivity (Wildman–Crippen MR) is 85.2 cm³/mol. The van der Waals surface area contributed by atoms with Gasteiger partial charge in [0.2, 0.25) is 0 Å². The number of nitrogens with zero attached hydrogens (tertiary/aromatic N) is 1. The molecule has 0 spiro atoms. The Bertz CT molecular complexity index is 521. The molecule has 0 bridgehead atoms. The third-order valence-electron chi connectivity index (χ3n) is 3.32. The Morgan fingerprint density at radius 2 is 1.05 bits per heavy atom. The van der Waals surface area contributed by atoms with Crippen LogP contribution in [-0.2, 0) is 0 Å². The molecule has 0 aliphatic carbocycles. The molecule has 0 saturated heterocycles. The molecule has 0 fully saturated rings. The van der Waals surface area contributed by atoms with Crippen molar-refractivity contribution < 1.29 is 20.1 Å². The second kappa shape index (κ2) is 6.78. The summed E-state index contributed by atoms with van der Waals surface area (Å²) in [6, 6.07) is 13.9. The molecule has 0 unspecified atom stereocenters. The summed E-state index contributed by atoms with van der Waals surface area (Å²) in [5.74, 6) is 0. The molecule has 21 heavy (non-hydrogen) atoms. The first-order valence-electron chi connectivity index (χ1n) is 6.72. The van der Waals surface area contributed by atoms with E-state index in [2.05, 4.69) is 0 Å². The monoisotopic (exact) mass is 285 g/mol. The lowest BCUT2D eigenvalue weighted by Crippen LogP contribution is -2.30. The van der Waals surface area contributed by atoms with Gasteiger partial charge in [0.05, 0.1) is 0 Å². The Hall–Kier alpha value is -1.79. The zero-order valence-corrected chi connectivity index (χ0v) is 11.7. The SMILES string of the molecule is CCN(c1ccc(B(O)O)cc1)c1ccc(B(O)O)cc1. The van der Waals surface area contributed by atoms with Crippen molar-refractivity contribution >= 4 is 36.5 Å². The normalized spacial score (nSPS) is 10.3. The van der Waals surface area contributed by atoms with E-state index in [4.69, 9.17) is 20.1 Å². The lowest BCUT2D eigenvalue weighted by Gasteiger charge is -2.24. The topological polar surface area (TPSA) is 84.2 Å². The van der Waals surface area contributed by atoms with E-state index in [0.717, 1.165) is 17.9 Å². The highest BCUT2D eigenvalue weighted by molar-refractivity contribution is 6.59. The van der Waals surface area contributed by atoms with Crippen LogP contribution >= 0.6 is 0 Å². The van der Waals surface area contributed by atoms with E-state index in [1.54, 1.807) is 24.3 Å². The molecule has 2 rings (SSSR count). The zero-order chi connectivity index (χ0) is 15.4. The molecule has 2 aromatic rings. The molecule has 2 aromatic carbocycles. The van der Waals surface area contributed by atoms with Crippen LogP contribution in [0.3, 0.4) is 0 Å². The first-order chi connectivity index (χ1) is 10.0. The van der Waals surface area contributed by atoms with Crippen molar-refractivity contribution in [3.05, 3.63) is 48.5 Å². The molecule has 0 aliphatic rings. The fourth-order valence-corrected chi connectivity index (χ4v) is 2.17. The molecular weight excluding hydrogens is 268 g/mol. The van der Waals surface area contributed by atoms with E-state index in [9.17, 15) is 0 Å². The summed E-state index contributed by atoms with van der Waals surface area (Å²) in [6.45, 7) is 2.73. The minimum atomic E-state index is -1.47. The summed E-state index contributed by atoms with van der Waals surface area (Å²) < 4.78 is 0. The van der Waals surface area contributed by atoms with Crippen molar-refractivity contribution in [1.82, 2.24) is 0 Å². The van der Waals surface area contributed by atoms with Crippen LogP contribution in [0, 0.1) is 0 Å². The van der Waals surface area contributed by atoms with Gasteiger partial charge in [-0.05, 0) is 42.1 Å². The average Bonchev–Trinajstić information content (AvgIpc) is 2.49. The van der Waals surface area contributed by atoms with E-state index in [1.165, 1.54) is 0 Å². The summed E-state index contributed by atoms with van der Waals surface area (Å²) in [7, 11) is -2.95. The maximum absolute atomic E-state index is 9.10. The van der Waals surface area contributed by atoms with Crippen LogP contribution < -0.4 is 15.8 Å². The summed E-state index contributed by atoms with van der Waals surface area (Å²) in [6.07, 6.45) is 0. The van der Waals surface area contributed by atoms with Crippen LogP contribution in [0.2, 0.25) is 0 Å². The van der Waals surface area contributed by atoms with Crippen LogP contribution in [0.25, 0.3) is 0 Å².